The van der Waals surface area contributed by atoms with E-state index in [0.29, 0.717) is 24.5 Å². The van der Waals surface area contributed by atoms with Crippen molar-refractivity contribution in [1.82, 2.24) is 30.1 Å². The van der Waals surface area contributed by atoms with Crippen molar-refractivity contribution in [2.45, 2.75) is 60.3 Å². The van der Waals surface area contributed by atoms with Crippen LogP contribution in [0.5, 0.6) is 0 Å². The van der Waals surface area contributed by atoms with Gasteiger partial charge in [-0.15, -0.1) is 5.10 Å². The lowest BCUT2D eigenvalue weighted by Gasteiger charge is -2.33. The maximum atomic E-state index is 13.3. The van der Waals surface area contributed by atoms with Crippen LogP contribution in [-0.2, 0) is 29.2 Å². The number of tetrazole rings is 1. The van der Waals surface area contributed by atoms with Gasteiger partial charge in [-0.05, 0) is 59.9 Å². The number of rotatable bonds is 10. The third-order valence-corrected chi connectivity index (χ3v) is 6.56. The van der Waals surface area contributed by atoms with Gasteiger partial charge in [-0.2, -0.15) is 0 Å². The minimum absolute atomic E-state index is 0.0758. The molecule has 0 fully saturated rings. The van der Waals surface area contributed by atoms with E-state index in [9.17, 15) is 9.59 Å². The Morgan fingerprint density at radius 2 is 1.81 bits per heavy atom. The van der Waals surface area contributed by atoms with Gasteiger partial charge in [0.2, 0.25) is 0 Å². The summed E-state index contributed by atoms with van der Waals surface area (Å²) >= 11 is 0. The van der Waals surface area contributed by atoms with Crippen LogP contribution in [0.4, 0.5) is 0 Å². The van der Waals surface area contributed by atoms with Gasteiger partial charge in [0.15, 0.2) is 5.82 Å². The summed E-state index contributed by atoms with van der Waals surface area (Å²) in [6.07, 6.45) is 0. The van der Waals surface area contributed by atoms with Crippen LogP contribution in [0.3, 0.4) is 0 Å². The molecule has 2 aromatic heterocycles. The van der Waals surface area contributed by atoms with Gasteiger partial charge in [0.25, 0.3) is 5.56 Å². The van der Waals surface area contributed by atoms with E-state index in [0.717, 1.165) is 27.6 Å². The van der Waals surface area contributed by atoms with E-state index in [1.165, 1.54) is 4.68 Å². The Hall–Kier alpha value is -3.85. The highest BCUT2D eigenvalue weighted by molar-refractivity contribution is 5.85. The number of aromatic nitrogens is 5. The fraction of sp³-hybridized carbons (Fsp3) is 0.393. The highest BCUT2D eigenvalue weighted by Crippen LogP contribution is 2.30. The van der Waals surface area contributed by atoms with Crippen LogP contribution in [0.15, 0.2) is 53.3 Å². The number of carbonyl (C=O) groups excluding carboxylic acids is 1. The largest absolute Gasteiger partial charge is 0.465 e. The van der Waals surface area contributed by atoms with E-state index >= 15 is 0 Å². The Kier molecular flexibility index (Phi) is 8.13. The lowest BCUT2D eigenvalue weighted by atomic mass is 9.99. The molecule has 0 saturated carbocycles. The summed E-state index contributed by atoms with van der Waals surface area (Å²) in [4.78, 5) is 30.8. The minimum atomic E-state index is -0.398. The van der Waals surface area contributed by atoms with Crippen molar-refractivity contribution in [3.8, 4) is 0 Å². The number of aromatic amines is 1. The Morgan fingerprint density at radius 3 is 2.51 bits per heavy atom. The van der Waals surface area contributed by atoms with Gasteiger partial charge in [-0.25, -0.2) is 4.68 Å². The van der Waals surface area contributed by atoms with Crippen LogP contribution in [0.1, 0.15) is 54.9 Å². The third-order valence-electron chi connectivity index (χ3n) is 6.56. The zero-order valence-electron chi connectivity index (χ0n) is 22.1. The molecule has 0 amide bonds. The summed E-state index contributed by atoms with van der Waals surface area (Å²) in [7, 11) is 0. The van der Waals surface area contributed by atoms with Crippen molar-refractivity contribution in [2.75, 3.05) is 6.61 Å². The van der Waals surface area contributed by atoms with Crippen LogP contribution in [0.2, 0.25) is 0 Å². The third kappa shape index (κ3) is 5.94. The van der Waals surface area contributed by atoms with Gasteiger partial charge >= 0.3 is 5.97 Å². The number of carbonyl (C=O) groups is 1. The second-order valence-electron chi connectivity index (χ2n) is 9.69. The first-order valence-corrected chi connectivity index (χ1v) is 12.6. The van der Waals surface area contributed by atoms with Crippen molar-refractivity contribution >= 4 is 16.9 Å². The molecular weight excluding hydrogens is 468 g/mol. The van der Waals surface area contributed by atoms with Crippen molar-refractivity contribution in [1.29, 1.82) is 0 Å². The highest BCUT2D eigenvalue weighted by atomic mass is 16.5. The van der Waals surface area contributed by atoms with Crippen molar-refractivity contribution in [3.63, 3.8) is 0 Å². The van der Waals surface area contributed by atoms with Gasteiger partial charge < -0.3 is 9.72 Å². The van der Waals surface area contributed by atoms with Crippen molar-refractivity contribution in [2.24, 2.45) is 5.92 Å². The van der Waals surface area contributed by atoms with E-state index in [-0.39, 0.29) is 30.7 Å². The van der Waals surface area contributed by atoms with Crippen LogP contribution < -0.4 is 5.56 Å². The van der Waals surface area contributed by atoms with Crippen LogP contribution in [0, 0.1) is 19.8 Å². The summed E-state index contributed by atoms with van der Waals surface area (Å²) in [5, 5.41) is 13.3. The van der Waals surface area contributed by atoms with Gasteiger partial charge in [0.1, 0.15) is 6.54 Å². The Bertz CT molecular complexity index is 1430. The standard InChI is InChI=1S/C28H34N6O3/c1-6-37-24(35)17-34-27(30-31-32-34)26(18(2)3)33(15-21-10-8-7-9-11-21)16-22-14-23-19(4)12-13-20(5)25(23)29-28(22)36/h7-14,18,26H,6,15-17H2,1-5H3,(H,29,36). The fourth-order valence-electron chi connectivity index (χ4n) is 4.77. The van der Waals surface area contributed by atoms with E-state index in [1.807, 2.05) is 44.2 Å². The predicted molar refractivity (Wildman–Crippen MR) is 142 cm³/mol. The molecule has 9 nitrogen and oxygen atoms in total. The number of fused-ring (bicyclic) bond motifs is 1. The van der Waals surface area contributed by atoms with Gasteiger partial charge in [0, 0.05) is 24.0 Å². The molecule has 9 heteroatoms. The normalized spacial score (nSPS) is 12.4. The SMILES string of the molecule is CCOC(=O)Cn1nnnc1C(C(C)C)N(Cc1ccccc1)Cc1cc2c(C)ccc(C)c2[nH]c1=O. The second-order valence-corrected chi connectivity index (χ2v) is 9.69. The first-order valence-electron chi connectivity index (χ1n) is 12.6. The summed E-state index contributed by atoms with van der Waals surface area (Å²) in [5.74, 6) is 0.243. The molecule has 1 N–H and O–H groups in total. The first kappa shape index (κ1) is 26.2. The van der Waals surface area contributed by atoms with E-state index in [2.05, 4.69) is 57.5 Å². The number of aryl methyl sites for hydroxylation is 2. The number of benzene rings is 2. The molecule has 2 aromatic carbocycles. The fourth-order valence-corrected chi connectivity index (χ4v) is 4.77. The maximum Gasteiger partial charge on any atom is 0.327 e. The second kappa shape index (κ2) is 11.5. The highest BCUT2D eigenvalue weighted by Gasteiger charge is 2.30. The molecule has 1 atom stereocenters. The molecule has 4 rings (SSSR count). The summed E-state index contributed by atoms with van der Waals surface area (Å²) in [6.45, 7) is 11.1. The first-order chi connectivity index (χ1) is 17.8. The number of nitrogens with one attached hydrogen (secondary N) is 1. The molecular formula is C28H34N6O3. The summed E-state index contributed by atoms with van der Waals surface area (Å²) in [6, 6.07) is 15.9. The predicted octanol–water partition coefficient (Wildman–Crippen LogP) is 4.09. The molecule has 0 aliphatic heterocycles. The van der Waals surface area contributed by atoms with E-state index in [1.54, 1.807) is 6.92 Å². The number of hydrogen-bond donors (Lipinski definition) is 1. The quantitative estimate of drug-likeness (QED) is 0.326. The molecule has 4 aromatic rings. The maximum absolute atomic E-state index is 13.3. The molecule has 194 valence electrons. The van der Waals surface area contributed by atoms with Crippen molar-refractivity contribution < 1.29 is 9.53 Å². The lowest BCUT2D eigenvalue weighted by molar-refractivity contribution is -0.144. The average Bonchev–Trinajstić information content (AvgIpc) is 3.30. The molecule has 0 bridgehead atoms. The Balaban J connectivity index is 1.78. The average molecular weight is 503 g/mol. The number of nitrogens with zero attached hydrogens (tertiary/aromatic N) is 5. The Morgan fingerprint density at radius 1 is 1.08 bits per heavy atom. The lowest BCUT2D eigenvalue weighted by Crippen LogP contribution is -2.35. The van der Waals surface area contributed by atoms with Crippen LogP contribution in [-0.4, -0.2) is 42.7 Å². The summed E-state index contributed by atoms with van der Waals surface area (Å²) in [5.41, 5.74) is 4.64. The summed E-state index contributed by atoms with van der Waals surface area (Å²) < 4.78 is 6.62. The van der Waals surface area contributed by atoms with E-state index < -0.39 is 5.97 Å². The smallest absolute Gasteiger partial charge is 0.327 e. The molecule has 37 heavy (non-hydrogen) atoms. The van der Waals surface area contributed by atoms with E-state index in [4.69, 9.17) is 4.74 Å². The number of hydrogen-bond acceptors (Lipinski definition) is 7. The Labute approximate surface area is 216 Å². The van der Waals surface area contributed by atoms with Gasteiger partial charge in [-0.1, -0.05) is 56.3 Å². The molecule has 2 heterocycles. The molecule has 1 unspecified atom stereocenters. The monoisotopic (exact) mass is 502 g/mol. The zero-order chi connectivity index (χ0) is 26.5. The van der Waals surface area contributed by atoms with Gasteiger partial charge in [0.05, 0.1) is 18.2 Å². The number of esters is 1. The molecule has 0 radical (unpaired) electrons. The van der Waals surface area contributed by atoms with Crippen molar-refractivity contribution in [3.05, 3.63) is 87.0 Å². The van der Waals surface area contributed by atoms with Crippen LogP contribution >= 0.6 is 0 Å². The molecule has 0 saturated heterocycles. The van der Waals surface area contributed by atoms with Crippen LogP contribution in [0.25, 0.3) is 10.9 Å². The number of pyridine rings is 1. The zero-order valence-corrected chi connectivity index (χ0v) is 22.1. The molecule has 0 spiro atoms. The minimum Gasteiger partial charge on any atom is -0.465 e. The number of H-pyrrole nitrogens is 1. The number of ether oxygens (including phenoxy) is 1. The van der Waals surface area contributed by atoms with Gasteiger partial charge in [-0.3, -0.25) is 14.5 Å². The topological polar surface area (TPSA) is 106 Å². The molecule has 0 aliphatic rings. The molecule has 0 aliphatic carbocycles.